The summed E-state index contributed by atoms with van der Waals surface area (Å²) < 4.78 is 40.8. The molecule has 2 atom stereocenters. The standard InChI is InChI=1S/C7H14O9P2/c1-2-7(8)14-5-3-4-6-15-18(12,13)16-17(9,10)11/h2H,1,3-6H2,(H,12,13)(H2,9,10,11)/i5D. The van der Waals surface area contributed by atoms with Crippen LogP contribution in [0.15, 0.2) is 12.7 Å². The fourth-order valence-corrected chi connectivity index (χ4v) is 2.32. The van der Waals surface area contributed by atoms with E-state index in [9.17, 15) is 13.9 Å². The zero-order valence-corrected chi connectivity index (χ0v) is 11.0. The molecule has 0 aromatic rings. The summed E-state index contributed by atoms with van der Waals surface area (Å²) in [7, 11) is -9.99. The molecule has 106 valence electrons. The van der Waals surface area contributed by atoms with Crippen molar-refractivity contribution in [1.29, 1.82) is 0 Å². The molecule has 9 nitrogen and oxygen atoms in total. The van der Waals surface area contributed by atoms with E-state index in [1.807, 2.05) is 0 Å². The molecule has 0 bridgehead atoms. The van der Waals surface area contributed by atoms with Crippen molar-refractivity contribution in [2.75, 3.05) is 13.2 Å². The Bertz CT molecular complexity index is 405. The number of carbonyl (C=O) groups excluding carboxylic acids is 1. The fourth-order valence-electron chi connectivity index (χ4n) is 0.694. The fraction of sp³-hybridized carbons (Fsp3) is 0.571. The summed E-state index contributed by atoms with van der Waals surface area (Å²) in [6.07, 6.45) is 0.914. The molecular formula is C7H14O9P2. The first-order valence-corrected chi connectivity index (χ1v) is 7.58. The first-order valence-electron chi connectivity index (χ1n) is 5.13. The second kappa shape index (κ2) is 7.81. The largest absolute Gasteiger partial charge is 0.481 e. The predicted molar refractivity (Wildman–Crippen MR) is 59.3 cm³/mol. The summed E-state index contributed by atoms with van der Waals surface area (Å²) in [5, 5.41) is 0. The molecule has 0 amide bonds. The highest BCUT2D eigenvalue weighted by Gasteiger charge is 2.31. The van der Waals surface area contributed by atoms with Gasteiger partial charge in [-0.15, -0.1) is 0 Å². The average Bonchev–Trinajstić information content (AvgIpc) is 2.20. The van der Waals surface area contributed by atoms with Crippen LogP contribution >= 0.6 is 15.6 Å². The van der Waals surface area contributed by atoms with Crippen LogP contribution in [0.4, 0.5) is 0 Å². The first kappa shape index (κ1) is 15.5. The number of rotatable bonds is 9. The molecule has 0 aliphatic heterocycles. The molecule has 3 N–H and O–H groups in total. The van der Waals surface area contributed by atoms with Gasteiger partial charge in [0.15, 0.2) is 0 Å². The molecule has 0 saturated heterocycles. The van der Waals surface area contributed by atoms with Crippen molar-refractivity contribution in [3.8, 4) is 0 Å². The summed E-state index contributed by atoms with van der Waals surface area (Å²) >= 11 is 0. The topological polar surface area (TPSA) is 140 Å². The number of hydrogen-bond donors (Lipinski definition) is 3. The minimum absolute atomic E-state index is 0.00447. The van der Waals surface area contributed by atoms with Crippen LogP contribution in [0.25, 0.3) is 0 Å². The van der Waals surface area contributed by atoms with Crippen molar-refractivity contribution in [3.63, 3.8) is 0 Å². The molecule has 0 aromatic heterocycles. The Labute approximate surface area is 105 Å². The third kappa shape index (κ3) is 10.6. The highest BCUT2D eigenvalue weighted by atomic mass is 31.3. The molecule has 0 aliphatic rings. The monoisotopic (exact) mass is 305 g/mol. The Kier molecular flexibility index (Phi) is 6.73. The molecule has 0 spiro atoms. The van der Waals surface area contributed by atoms with Gasteiger partial charge in [0, 0.05) is 6.08 Å². The van der Waals surface area contributed by atoms with Crippen LogP contribution in [0.5, 0.6) is 0 Å². The third-order valence-electron chi connectivity index (χ3n) is 1.30. The lowest BCUT2D eigenvalue weighted by Crippen LogP contribution is -2.03. The van der Waals surface area contributed by atoms with Gasteiger partial charge in [0.25, 0.3) is 0 Å². The van der Waals surface area contributed by atoms with Gasteiger partial charge in [-0.05, 0) is 12.8 Å². The molecule has 18 heavy (non-hydrogen) atoms. The van der Waals surface area contributed by atoms with Gasteiger partial charge in [-0.25, -0.2) is 13.9 Å². The lowest BCUT2D eigenvalue weighted by molar-refractivity contribution is -0.137. The van der Waals surface area contributed by atoms with Crippen molar-refractivity contribution in [2.45, 2.75) is 12.8 Å². The number of phosphoric ester groups is 1. The smallest absolute Gasteiger partial charge is 0.463 e. The number of hydrogen-bond acceptors (Lipinski definition) is 6. The number of phosphoric acid groups is 2. The molecule has 2 unspecified atom stereocenters. The summed E-state index contributed by atoms with van der Waals surface area (Å²) in [4.78, 5) is 36.2. The average molecular weight is 305 g/mol. The summed E-state index contributed by atoms with van der Waals surface area (Å²) in [5.41, 5.74) is 0. The van der Waals surface area contributed by atoms with Crippen molar-refractivity contribution in [1.82, 2.24) is 0 Å². The van der Waals surface area contributed by atoms with E-state index in [2.05, 4.69) is 20.2 Å². The minimum atomic E-state index is -5.13. The maximum atomic E-state index is 11.0. The molecule has 0 rings (SSSR count). The van der Waals surface area contributed by atoms with Crippen LogP contribution in [0.2, 0.25) is 0 Å². The first-order chi connectivity index (χ1) is 8.56. The van der Waals surface area contributed by atoms with Gasteiger partial charge < -0.3 is 19.4 Å². The molecule has 0 heterocycles. The molecule has 0 radical (unpaired) electrons. The Morgan fingerprint density at radius 1 is 1.33 bits per heavy atom. The van der Waals surface area contributed by atoms with Crippen LogP contribution in [0, 0.1) is 0 Å². The van der Waals surface area contributed by atoms with Crippen LogP contribution in [0.3, 0.4) is 0 Å². The van der Waals surface area contributed by atoms with Gasteiger partial charge in [-0.1, -0.05) is 6.58 Å². The van der Waals surface area contributed by atoms with Gasteiger partial charge >= 0.3 is 21.6 Å². The van der Waals surface area contributed by atoms with Crippen molar-refractivity contribution < 1.29 is 43.5 Å². The van der Waals surface area contributed by atoms with E-state index in [1.165, 1.54) is 0 Å². The number of carbonyl (C=O) groups is 1. The van der Waals surface area contributed by atoms with Crippen molar-refractivity contribution in [2.24, 2.45) is 0 Å². The van der Waals surface area contributed by atoms with Gasteiger partial charge in [0.1, 0.15) is 0 Å². The lowest BCUT2D eigenvalue weighted by Gasteiger charge is -2.12. The van der Waals surface area contributed by atoms with Gasteiger partial charge in [0.05, 0.1) is 14.6 Å². The van der Waals surface area contributed by atoms with Crippen LogP contribution in [-0.4, -0.2) is 33.8 Å². The Morgan fingerprint density at radius 3 is 2.44 bits per heavy atom. The van der Waals surface area contributed by atoms with E-state index >= 15 is 0 Å². The Morgan fingerprint density at radius 2 is 1.94 bits per heavy atom. The summed E-state index contributed by atoms with van der Waals surface area (Å²) in [6.45, 7) is 1.53. The molecular weight excluding hydrogens is 290 g/mol. The zero-order valence-electron chi connectivity index (χ0n) is 10.2. The second-order valence-electron chi connectivity index (χ2n) is 2.82. The summed E-state index contributed by atoms with van der Waals surface area (Å²) in [6, 6.07) is 0. The highest BCUT2D eigenvalue weighted by molar-refractivity contribution is 7.60. The molecule has 0 fully saturated rings. The number of esters is 1. The summed E-state index contributed by atoms with van der Waals surface area (Å²) in [5.74, 6) is -0.779. The normalized spacial score (nSPS) is 17.4. The van der Waals surface area contributed by atoms with Gasteiger partial charge in [0.2, 0.25) is 0 Å². The van der Waals surface area contributed by atoms with Crippen molar-refractivity contribution in [3.05, 3.63) is 12.7 Å². The van der Waals surface area contributed by atoms with E-state index in [4.69, 9.17) is 16.1 Å². The van der Waals surface area contributed by atoms with E-state index in [0.717, 1.165) is 6.08 Å². The van der Waals surface area contributed by atoms with Gasteiger partial charge in [-0.2, -0.15) is 4.31 Å². The zero-order chi connectivity index (χ0) is 15.1. The van der Waals surface area contributed by atoms with E-state index in [-0.39, 0.29) is 12.8 Å². The number of ether oxygens (including phenoxy) is 1. The van der Waals surface area contributed by atoms with E-state index < -0.39 is 34.8 Å². The minimum Gasteiger partial charge on any atom is -0.463 e. The maximum Gasteiger partial charge on any atom is 0.481 e. The molecule has 0 saturated carbocycles. The third-order valence-corrected chi connectivity index (χ3v) is 3.48. The Hall–Kier alpha value is -0.530. The lowest BCUT2D eigenvalue weighted by atomic mass is 10.3. The molecule has 11 heteroatoms. The highest BCUT2D eigenvalue weighted by Crippen LogP contribution is 2.57. The quantitative estimate of drug-likeness (QED) is 0.243. The van der Waals surface area contributed by atoms with Gasteiger partial charge in [-0.3, -0.25) is 4.52 Å². The van der Waals surface area contributed by atoms with Crippen LogP contribution in [-0.2, 0) is 27.5 Å². The SMILES string of the molecule is [2H]C(CCCOP(=O)(O)OP(=O)(O)O)OC(=O)C=C. The predicted octanol–water partition coefficient (Wildman–Crippen LogP) is 0.722. The van der Waals surface area contributed by atoms with E-state index in [1.54, 1.807) is 0 Å². The maximum absolute atomic E-state index is 11.0. The van der Waals surface area contributed by atoms with Crippen molar-refractivity contribution >= 4 is 21.6 Å². The Balaban J connectivity index is 3.91. The molecule has 0 aliphatic carbocycles. The van der Waals surface area contributed by atoms with Crippen LogP contribution in [0.1, 0.15) is 14.2 Å². The molecule has 0 aromatic carbocycles. The van der Waals surface area contributed by atoms with E-state index in [0.29, 0.717) is 0 Å². The van der Waals surface area contributed by atoms with Crippen LogP contribution < -0.4 is 0 Å². The second-order valence-corrected chi connectivity index (χ2v) is 5.65.